The molecule has 220 valence electrons. The van der Waals surface area contributed by atoms with Crippen LogP contribution in [0.4, 0.5) is 4.79 Å². The molecule has 1 rings (SSSR count). The Morgan fingerprint density at radius 1 is 0.703 bits per heavy atom. The van der Waals surface area contributed by atoms with Crippen LogP contribution in [0.5, 0.6) is 0 Å². The monoisotopic (exact) mass is 524 g/mol. The summed E-state index contributed by atoms with van der Waals surface area (Å²) in [5.74, 6) is 0. The maximum Gasteiger partial charge on any atom is 0.410 e. The van der Waals surface area contributed by atoms with E-state index in [9.17, 15) is 4.79 Å². The van der Waals surface area contributed by atoms with Crippen molar-refractivity contribution in [2.75, 3.05) is 47.0 Å². The Kier molecular flexibility index (Phi) is 23.6. The fourth-order valence-corrected chi connectivity index (χ4v) is 5.39. The van der Waals surface area contributed by atoms with Gasteiger partial charge < -0.3 is 19.3 Å². The number of piperidine rings is 1. The predicted octanol–water partition coefficient (Wildman–Crippen LogP) is 8.99. The lowest BCUT2D eigenvalue weighted by Gasteiger charge is -2.35. The third-order valence-electron chi connectivity index (χ3n) is 7.82. The van der Waals surface area contributed by atoms with Gasteiger partial charge in [-0.15, -0.1) is 0 Å². The molecule has 1 fully saturated rings. The molecule has 0 bridgehead atoms. The minimum absolute atomic E-state index is 0.100. The van der Waals surface area contributed by atoms with Gasteiger partial charge in [0, 0.05) is 25.8 Å². The number of carbonyl (C=O) groups is 1. The summed E-state index contributed by atoms with van der Waals surface area (Å²) in [7, 11) is 4.22. The normalized spacial score (nSPS) is 16.0. The highest BCUT2D eigenvalue weighted by Crippen LogP contribution is 2.21. The van der Waals surface area contributed by atoms with E-state index in [0.717, 1.165) is 58.4 Å². The molecule has 0 aromatic rings. The molecule has 0 N–H and O–H groups in total. The van der Waals surface area contributed by atoms with Gasteiger partial charge in [-0.2, -0.15) is 0 Å². The van der Waals surface area contributed by atoms with Crippen molar-refractivity contribution in [2.45, 2.75) is 154 Å². The largest absolute Gasteiger partial charge is 0.449 e. The van der Waals surface area contributed by atoms with Crippen molar-refractivity contribution < 1.29 is 14.3 Å². The second-order valence-corrected chi connectivity index (χ2v) is 11.7. The molecule has 5 nitrogen and oxygen atoms in total. The summed E-state index contributed by atoms with van der Waals surface area (Å²) in [6.07, 6.45) is 28.3. The Morgan fingerprint density at radius 2 is 1.24 bits per heavy atom. The van der Waals surface area contributed by atoms with E-state index in [-0.39, 0.29) is 12.1 Å². The van der Waals surface area contributed by atoms with Crippen LogP contribution in [0.15, 0.2) is 0 Å². The maximum atomic E-state index is 12.7. The van der Waals surface area contributed by atoms with Gasteiger partial charge in [-0.25, -0.2) is 4.79 Å². The lowest BCUT2D eigenvalue weighted by molar-refractivity contribution is 0.0535. The summed E-state index contributed by atoms with van der Waals surface area (Å²) in [5, 5.41) is 0. The van der Waals surface area contributed by atoms with Crippen molar-refractivity contribution in [3.63, 3.8) is 0 Å². The molecular weight excluding hydrogens is 460 g/mol. The fourth-order valence-electron chi connectivity index (χ4n) is 5.39. The number of amides is 1. The average Bonchev–Trinajstić information content (AvgIpc) is 2.89. The lowest BCUT2D eigenvalue weighted by atomic mass is 10.0. The Bertz CT molecular complexity index is 500. The van der Waals surface area contributed by atoms with Crippen LogP contribution < -0.4 is 0 Å². The van der Waals surface area contributed by atoms with Crippen LogP contribution >= 0.6 is 0 Å². The second kappa shape index (κ2) is 25.5. The summed E-state index contributed by atoms with van der Waals surface area (Å²) < 4.78 is 11.5. The molecule has 1 saturated heterocycles. The van der Waals surface area contributed by atoms with Crippen LogP contribution in [0.25, 0.3) is 0 Å². The highest BCUT2D eigenvalue weighted by atomic mass is 16.6. The average molecular weight is 525 g/mol. The molecule has 0 saturated carbocycles. The first-order valence-electron chi connectivity index (χ1n) is 16.3. The van der Waals surface area contributed by atoms with Crippen molar-refractivity contribution in [1.82, 2.24) is 9.80 Å². The lowest BCUT2D eigenvalue weighted by Crippen LogP contribution is -2.44. The SMILES string of the molecule is CCCCCCCCCCCCCCCCCCOC(=O)N1CCCCC1CCOCCCCN(C)C. The van der Waals surface area contributed by atoms with Gasteiger partial charge in [0.2, 0.25) is 0 Å². The quantitative estimate of drug-likeness (QED) is 0.112. The molecular formula is C32H64N2O3. The zero-order chi connectivity index (χ0) is 26.8. The molecule has 1 unspecified atom stereocenters. The van der Waals surface area contributed by atoms with Crippen molar-refractivity contribution in [3.05, 3.63) is 0 Å². The van der Waals surface area contributed by atoms with E-state index in [2.05, 4.69) is 25.9 Å². The van der Waals surface area contributed by atoms with Gasteiger partial charge in [0.05, 0.1) is 6.61 Å². The van der Waals surface area contributed by atoms with Crippen molar-refractivity contribution in [3.8, 4) is 0 Å². The van der Waals surface area contributed by atoms with Crippen molar-refractivity contribution in [2.24, 2.45) is 0 Å². The van der Waals surface area contributed by atoms with Crippen LogP contribution in [0.3, 0.4) is 0 Å². The first-order valence-corrected chi connectivity index (χ1v) is 16.3. The van der Waals surface area contributed by atoms with Crippen molar-refractivity contribution in [1.29, 1.82) is 0 Å². The smallest absolute Gasteiger partial charge is 0.410 e. The summed E-state index contributed by atoms with van der Waals surface area (Å²) in [6, 6.07) is 0.286. The van der Waals surface area contributed by atoms with E-state index >= 15 is 0 Å². The number of likely N-dealkylation sites (tertiary alicyclic amines) is 1. The van der Waals surface area contributed by atoms with Gasteiger partial charge in [0.25, 0.3) is 0 Å². The van der Waals surface area contributed by atoms with Gasteiger partial charge >= 0.3 is 6.09 Å². The molecule has 1 atom stereocenters. The van der Waals surface area contributed by atoms with E-state index in [4.69, 9.17) is 9.47 Å². The topological polar surface area (TPSA) is 42.0 Å². The predicted molar refractivity (Wildman–Crippen MR) is 158 cm³/mol. The third kappa shape index (κ3) is 20.8. The molecule has 0 radical (unpaired) electrons. The van der Waals surface area contributed by atoms with E-state index in [0.29, 0.717) is 6.61 Å². The number of nitrogens with zero attached hydrogens (tertiary/aromatic N) is 2. The minimum Gasteiger partial charge on any atom is -0.449 e. The van der Waals surface area contributed by atoms with E-state index < -0.39 is 0 Å². The summed E-state index contributed by atoms with van der Waals surface area (Å²) >= 11 is 0. The van der Waals surface area contributed by atoms with Crippen LogP contribution in [0.1, 0.15) is 148 Å². The standard InChI is InChI=1S/C32H64N2O3/c1-4-5-6-7-8-9-10-11-12-13-14-15-16-17-18-22-29-37-32(35)34-27-20-19-24-31(34)25-30-36-28-23-21-26-33(2)3/h31H,4-30H2,1-3H3. The van der Waals surface area contributed by atoms with Crippen LogP contribution in [-0.2, 0) is 9.47 Å². The van der Waals surface area contributed by atoms with Gasteiger partial charge in [-0.3, -0.25) is 0 Å². The Morgan fingerprint density at radius 3 is 1.81 bits per heavy atom. The Labute approximate surface area is 231 Å². The summed E-state index contributed by atoms with van der Waals surface area (Å²) in [5.41, 5.74) is 0. The molecule has 37 heavy (non-hydrogen) atoms. The third-order valence-corrected chi connectivity index (χ3v) is 7.82. The number of hydrogen-bond acceptors (Lipinski definition) is 4. The van der Waals surface area contributed by atoms with Gasteiger partial charge in [-0.1, -0.05) is 103 Å². The molecule has 1 aliphatic heterocycles. The first kappa shape index (κ1) is 34.2. The molecule has 1 amide bonds. The highest BCUT2D eigenvalue weighted by Gasteiger charge is 2.27. The molecule has 0 aromatic heterocycles. The molecule has 0 spiro atoms. The maximum absolute atomic E-state index is 12.7. The zero-order valence-corrected chi connectivity index (χ0v) is 25.3. The molecule has 5 heteroatoms. The van der Waals surface area contributed by atoms with Crippen molar-refractivity contribution >= 4 is 6.09 Å². The highest BCUT2D eigenvalue weighted by molar-refractivity contribution is 5.68. The molecule has 0 aromatic carbocycles. The van der Waals surface area contributed by atoms with E-state index in [1.165, 1.54) is 109 Å². The van der Waals surface area contributed by atoms with E-state index in [1.54, 1.807) is 0 Å². The van der Waals surface area contributed by atoms with Gasteiger partial charge in [0.15, 0.2) is 0 Å². The Balaban J connectivity index is 1.93. The van der Waals surface area contributed by atoms with Crippen LogP contribution in [-0.4, -0.2) is 68.9 Å². The number of hydrogen-bond donors (Lipinski definition) is 0. The minimum atomic E-state index is -0.100. The molecule has 0 aliphatic carbocycles. The first-order chi connectivity index (χ1) is 18.1. The Hall–Kier alpha value is -0.810. The molecule has 1 aliphatic rings. The fraction of sp³-hybridized carbons (Fsp3) is 0.969. The summed E-state index contributed by atoms with van der Waals surface area (Å²) in [4.78, 5) is 16.9. The molecule has 1 heterocycles. The number of unbranched alkanes of at least 4 members (excludes halogenated alkanes) is 16. The van der Waals surface area contributed by atoms with E-state index in [1.807, 2.05) is 4.90 Å². The summed E-state index contributed by atoms with van der Waals surface area (Å²) in [6.45, 7) is 6.38. The second-order valence-electron chi connectivity index (χ2n) is 11.7. The number of rotatable bonds is 25. The van der Waals surface area contributed by atoms with Crippen LogP contribution in [0.2, 0.25) is 0 Å². The van der Waals surface area contributed by atoms with Gasteiger partial charge in [0.1, 0.15) is 0 Å². The number of carbonyl (C=O) groups excluding carboxylic acids is 1. The zero-order valence-electron chi connectivity index (χ0n) is 25.3. The van der Waals surface area contributed by atoms with Crippen LogP contribution in [0, 0.1) is 0 Å². The van der Waals surface area contributed by atoms with Gasteiger partial charge in [-0.05, 0) is 65.6 Å². The number of ether oxygens (including phenoxy) is 2.